The average molecular weight is 216 g/mol. The summed E-state index contributed by atoms with van der Waals surface area (Å²) in [5, 5.41) is 11.5. The standard InChI is InChI=1S/C10H20N2O3/c1-6(2)10(15)8(5-11)12-9(14)4-7(3)13/h6-8,13H,4-5,11H2,1-3H3,(H,12,14). The Morgan fingerprint density at radius 3 is 2.20 bits per heavy atom. The van der Waals surface area contributed by atoms with E-state index in [2.05, 4.69) is 5.32 Å². The number of aliphatic hydroxyl groups is 1. The Kier molecular flexibility index (Phi) is 6.12. The van der Waals surface area contributed by atoms with Gasteiger partial charge in [-0.1, -0.05) is 13.8 Å². The molecule has 0 aliphatic heterocycles. The van der Waals surface area contributed by atoms with Gasteiger partial charge in [0.15, 0.2) is 5.78 Å². The van der Waals surface area contributed by atoms with Crippen LogP contribution in [0.2, 0.25) is 0 Å². The van der Waals surface area contributed by atoms with Gasteiger partial charge in [0, 0.05) is 12.5 Å². The molecule has 0 aromatic heterocycles. The van der Waals surface area contributed by atoms with E-state index in [1.807, 2.05) is 0 Å². The number of Topliss-reactive ketones (excluding diaryl/α,β-unsaturated/α-hetero) is 1. The van der Waals surface area contributed by atoms with Gasteiger partial charge in [0.05, 0.1) is 18.6 Å². The molecule has 0 saturated heterocycles. The van der Waals surface area contributed by atoms with E-state index in [9.17, 15) is 9.59 Å². The Morgan fingerprint density at radius 1 is 1.33 bits per heavy atom. The summed E-state index contributed by atoms with van der Waals surface area (Å²) in [6.45, 7) is 5.11. The van der Waals surface area contributed by atoms with Crippen molar-refractivity contribution < 1.29 is 14.7 Å². The first kappa shape index (κ1) is 14.1. The lowest BCUT2D eigenvalue weighted by Gasteiger charge is -2.18. The van der Waals surface area contributed by atoms with Crippen molar-refractivity contribution in [2.45, 2.75) is 39.3 Å². The summed E-state index contributed by atoms with van der Waals surface area (Å²) in [5.74, 6) is -0.601. The Morgan fingerprint density at radius 2 is 1.87 bits per heavy atom. The molecule has 0 heterocycles. The summed E-state index contributed by atoms with van der Waals surface area (Å²) in [6, 6.07) is -0.642. The van der Waals surface area contributed by atoms with Crippen molar-refractivity contribution in [3.63, 3.8) is 0 Å². The maximum Gasteiger partial charge on any atom is 0.223 e. The van der Waals surface area contributed by atoms with E-state index < -0.39 is 12.1 Å². The van der Waals surface area contributed by atoms with Gasteiger partial charge in [-0.3, -0.25) is 9.59 Å². The summed E-state index contributed by atoms with van der Waals surface area (Å²) in [6.07, 6.45) is -0.723. The fourth-order valence-corrected chi connectivity index (χ4v) is 1.17. The average Bonchev–Trinajstić information content (AvgIpc) is 2.11. The van der Waals surface area contributed by atoms with Gasteiger partial charge in [-0.05, 0) is 6.92 Å². The zero-order chi connectivity index (χ0) is 12.0. The van der Waals surface area contributed by atoms with Crippen LogP contribution in [0.15, 0.2) is 0 Å². The van der Waals surface area contributed by atoms with Crippen LogP contribution >= 0.6 is 0 Å². The molecule has 88 valence electrons. The molecule has 0 fully saturated rings. The summed E-state index contributed by atoms with van der Waals surface area (Å²) < 4.78 is 0. The normalized spacial score (nSPS) is 14.8. The van der Waals surface area contributed by atoms with Crippen molar-refractivity contribution in [2.75, 3.05) is 6.54 Å². The van der Waals surface area contributed by atoms with Gasteiger partial charge in [0.25, 0.3) is 0 Å². The second kappa shape index (κ2) is 6.53. The van der Waals surface area contributed by atoms with Crippen molar-refractivity contribution >= 4 is 11.7 Å². The molecule has 2 atom stereocenters. The maximum absolute atomic E-state index is 11.5. The Balaban J connectivity index is 4.21. The third-order valence-electron chi connectivity index (χ3n) is 1.96. The molecule has 4 N–H and O–H groups in total. The second-order valence-electron chi connectivity index (χ2n) is 3.97. The van der Waals surface area contributed by atoms with Crippen LogP contribution in [0.5, 0.6) is 0 Å². The quantitative estimate of drug-likeness (QED) is 0.554. The smallest absolute Gasteiger partial charge is 0.223 e. The lowest BCUT2D eigenvalue weighted by atomic mass is 10.0. The highest BCUT2D eigenvalue weighted by molar-refractivity contribution is 5.90. The third-order valence-corrected chi connectivity index (χ3v) is 1.96. The monoisotopic (exact) mass is 216 g/mol. The lowest BCUT2D eigenvalue weighted by molar-refractivity contribution is -0.130. The molecular weight excluding hydrogens is 196 g/mol. The van der Waals surface area contributed by atoms with Crippen LogP contribution in [0, 0.1) is 5.92 Å². The molecule has 0 aliphatic carbocycles. The predicted molar refractivity (Wildman–Crippen MR) is 57.1 cm³/mol. The van der Waals surface area contributed by atoms with Gasteiger partial charge in [-0.15, -0.1) is 0 Å². The number of carbonyl (C=O) groups is 2. The highest BCUT2D eigenvalue weighted by Crippen LogP contribution is 2.00. The number of amides is 1. The molecule has 1 amide bonds. The number of ketones is 1. The SMILES string of the molecule is CC(O)CC(=O)NC(CN)C(=O)C(C)C. The molecule has 0 radical (unpaired) electrons. The number of aliphatic hydroxyl groups excluding tert-OH is 1. The number of rotatable bonds is 6. The van der Waals surface area contributed by atoms with E-state index in [0.717, 1.165) is 0 Å². The van der Waals surface area contributed by atoms with Crippen molar-refractivity contribution in [3.05, 3.63) is 0 Å². The molecule has 0 aliphatic rings. The molecule has 15 heavy (non-hydrogen) atoms. The van der Waals surface area contributed by atoms with Crippen LogP contribution < -0.4 is 11.1 Å². The van der Waals surface area contributed by atoms with Crippen molar-refractivity contribution in [1.82, 2.24) is 5.32 Å². The minimum Gasteiger partial charge on any atom is -0.393 e. The van der Waals surface area contributed by atoms with E-state index >= 15 is 0 Å². The fraction of sp³-hybridized carbons (Fsp3) is 0.800. The topological polar surface area (TPSA) is 92.4 Å². The third kappa shape index (κ3) is 5.49. The van der Waals surface area contributed by atoms with Crippen molar-refractivity contribution in [1.29, 1.82) is 0 Å². The number of nitrogens with two attached hydrogens (primary N) is 1. The molecule has 5 heteroatoms. The van der Waals surface area contributed by atoms with E-state index in [0.29, 0.717) is 0 Å². The number of carbonyl (C=O) groups excluding carboxylic acids is 2. The van der Waals surface area contributed by atoms with E-state index in [-0.39, 0.29) is 30.6 Å². The summed E-state index contributed by atoms with van der Waals surface area (Å²) in [7, 11) is 0. The molecular formula is C10H20N2O3. The lowest BCUT2D eigenvalue weighted by Crippen LogP contribution is -2.47. The minimum absolute atomic E-state index is 0.0120. The minimum atomic E-state index is -0.711. The van der Waals surface area contributed by atoms with Gasteiger partial charge in [-0.25, -0.2) is 0 Å². The highest BCUT2D eigenvalue weighted by Gasteiger charge is 2.21. The largest absolute Gasteiger partial charge is 0.393 e. The van der Waals surface area contributed by atoms with Gasteiger partial charge < -0.3 is 16.2 Å². The molecule has 0 bridgehead atoms. The summed E-state index contributed by atoms with van der Waals surface area (Å²) in [4.78, 5) is 22.8. The van der Waals surface area contributed by atoms with Crippen molar-refractivity contribution in [3.8, 4) is 0 Å². The Labute approximate surface area is 90.0 Å². The van der Waals surface area contributed by atoms with Crippen molar-refractivity contribution in [2.24, 2.45) is 11.7 Å². The molecule has 0 spiro atoms. The molecule has 0 rings (SSSR count). The van der Waals surface area contributed by atoms with Gasteiger partial charge in [-0.2, -0.15) is 0 Å². The van der Waals surface area contributed by atoms with E-state index in [1.54, 1.807) is 13.8 Å². The maximum atomic E-state index is 11.5. The number of hydrogen-bond acceptors (Lipinski definition) is 4. The van der Waals surface area contributed by atoms with Crippen LogP contribution in [-0.4, -0.2) is 35.5 Å². The van der Waals surface area contributed by atoms with Gasteiger partial charge in [0.1, 0.15) is 0 Å². The Hall–Kier alpha value is -0.940. The first-order valence-corrected chi connectivity index (χ1v) is 5.09. The molecule has 0 saturated carbocycles. The summed E-state index contributed by atoms with van der Waals surface area (Å²) in [5.41, 5.74) is 5.39. The van der Waals surface area contributed by atoms with Crippen LogP contribution in [0.25, 0.3) is 0 Å². The highest BCUT2D eigenvalue weighted by atomic mass is 16.3. The van der Waals surface area contributed by atoms with Gasteiger partial charge >= 0.3 is 0 Å². The first-order valence-electron chi connectivity index (χ1n) is 5.09. The van der Waals surface area contributed by atoms with Crippen LogP contribution in [0.1, 0.15) is 27.2 Å². The number of nitrogens with one attached hydrogen (secondary N) is 1. The summed E-state index contributed by atoms with van der Waals surface area (Å²) >= 11 is 0. The molecule has 0 aromatic rings. The Bertz CT molecular complexity index is 227. The zero-order valence-electron chi connectivity index (χ0n) is 9.49. The number of hydrogen-bond donors (Lipinski definition) is 3. The molecule has 5 nitrogen and oxygen atoms in total. The molecule has 0 aromatic carbocycles. The van der Waals surface area contributed by atoms with Crippen LogP contribution in [-0.2, 0) is 9.59 Å². The van der Waals surface area contributed by atoms with E-state index in [4.69, 9.17) is 10.8 Å². The van der Waals surface area contributed by atoms with Crippen LogP contribution in [0.3, 0.4) is 0 Å². The van der Waals surface area contributed by atoms with E-state index in [1.165, 1.54) is 6.92 Å². The van der Waals surface area contributed by atoms with Gasteiger partial charge in [0.2, 0.25) is 5.91 Å². The zero-order valence-corrected chi connectivity index (χ0v) is 9.49. The van der Waals surface area contributed by atoms with Crippen LogP contribution in [0.4, 0.5) is 0 Å². The predicted octanol–water partition coefficient (Wildman–Crippen LogP) is -0.574. The molecule has 2 unspecified atom stereocenters. The second-order valence-corrected chi connectivity index (χ2v) is 3.97. The first-order chi connectivity index (χ1) is 6.88. The fourth-order valence-electron chi connectivity index (χ4n) is 1.17.